The lowest BCUT2D eigenvalue weighted by Crippen LogP contribution is -2.39. The summed E-state index contributed by atoms with van der Waals surface area (Å²) in [7, 11) is 1.11. The van der Waals surface area contributed by atoms with Gasteiger partial charge in [0.2, 0.25) is 5.76 Å². The lowest BCUT2D eigenvalue weighted by atomic mass is 10.3. The number of imide groups is 1. The van der Waals surface area contributed by atoms with Crippen LogP contribution in [0.1, 0.15) is 23.2 Å². The number of ether oxygens (including phenoxy) is 3. The van der Waals surface area contributed by atoms with E-state index in [2.05, 4.69) is 4.74 Å². The van der Waals surface area contributed by atoms with Gasteiger partial charge in [-0.25, -0.2) is 9.59 Å². The van der Waals surface area contributed by atoms with Crippen molar-refractivity contribution in [2.75, 3.05) is 7.11 Å². The Morgan fingerprint density at radius 1 is 1.12 bits per heavy atom. The normalized spacial score (nSPS) is 11.3. The van der Waals surface area contributed by atoms with Crippen LogP contribution < -0.4 is 10.1 Å². The van der Waals surface area contributed by atoms with Gasteiger partial charge in [-0.2, -0.15) is 0 Å². The summed E-state index contributed by atoms with van der Waals surface area (Å²) in [5.74, 6) is -0.638. The van der Waals surface area contributed by atoms with E-state index in [1.165, 1.54) is 13.0 Å². The van der Waals surface area contributed by atoms with Gasteiger partial charge in [-0.15, -0.1) is 0 Å². The molecule has 1 heterocycles. The van der Waals surface area contributed by atoms with Crippen molar-refractivity contribution in [3.05, 3.63) is 54.0 Å². The summed E-state index contributed by atoms with van der Waals surface area (Å²) >= 11 is 0. The lowest BCUT2D eigenvalue weighted by Gasteiger charge is -2.11. The molecule has 2 aromatic rings. The molecule has 0 fully saturated rings. The summed E-state index contributed by atoms with van der Waals surface area (Å²) in [6.45, 7) is 1.45. The van der Waals surface area contributed by atoms with Crippen LogP contribution in [-0.4, -0.2) is 31.2 Å². The average molecular weight is 347 g/mol. The van der Waals surface area contributed by atoms with Gasteiger partial charge in [0.05, 0.1) is 7.11 Å². The minimum absolute atomic E-state index is 0.0793. The first kappa shape index (κ1) is 18.1. The van der Waals surface area contributed by atoms with Gasteiger partial charge < -0.3 is 18.6 Å². The molecule has 25 heavy (non-hydrogen) atoms. The monoisotopic (exact) mass is 347 g/mol. The number of hydrogen-bond donors (Lipinski definition) is 1. The van der Waals surface area contributed by atoms with Gasteiger partial charge in [-0.05, 0) is 31.2 Å². The molecule has 2 amide bonds. The molecule has 0 unspecified atom stereocenters. The molecule has 8 heteroatoms. The van der Waals surface area contributed by atoms with Crippen LogP contribution in [0.4, 0.5) is 4.79 Å². The van der Waals surface area contributed by atoms with Crippen molar-refractivity contribution in [2.45, 2.75) is 19.6 Å². The Kier molecular flexibility index (Phi) is 6.16. The molecule has 132 valence electrons. The largest absolute Gasteiger partial charge is 0.486 e. The van der Waals surface area contributed by atoms with E-state index in [0.29, 0.717) is 11.5 Å². The standard InChI is InChI=1S/C17H17NO7/c1-11(15(19)18-17(21)22-2)24-16(20)14-9-8-13(25-14)10-23-12-6-4-3-5-7-12/h3-9,11H,10H2,1-2H3,(H,18,19,21)/t11-/m0/s1. The number of alkyl carbamates (subject to hydrolysis) is 1. The number of rotatable bonds is 6. The van der Waals surface area contributed by atoms with E-state index in [1.807, 2.05) is 23.5 Å². The summed E-state index contributed by atoms with van der Waals surface area (Å²) < 4.78 is 20.0. The van der Waals surface area contributed by atoms with Crippen molar-refractivity contribution in [1.82, 2.24) is 5.32 Å². The Hall–Kier alpha value is -3.29. The number of esters is 1. The molecule has 0 spiro atoms. The number of amides is 2. The molecule has 1 aromatic carbocycles. The highest BCUT2D eigenvalue weighted by Crippen LogP contribution is 2.15. The van der Waals surface area contributed by atoms with Crippen molar-refractivity contribution in [1.29, 1.82) is 0 Å². The van der Waals surface area contributed by atoms with Crippen LogP contribution in [0.3, 0.4) is 0 Å². The molecule has 0 aliphatic carbocycles. The Balaban J connectivity index is 1.87. The molecule has 2 rings (SSSR count). The van der Waals surface area contributed by atoms with Crippen LogP contribution in [0, 0.1) is 0 Å². The zero-order valence-electron chi connectivity index (χ0n) is 13.7. The Labute approximate surface area is 143 Å². The van der Waals surface area contributed by atoms with Crippen molar-refractivity contribution < 1.29 is 33.0 Å². The molecule has 0 aliphatic rings. The average Bonchev–Trinajstić information content (AvgIpc) is 3.09. The highest BCUT2D eigenvalue weighted by atomic mass is 16.6. The summed E-state index contributed by atoms with van der Waals surface area (Å²) in [6, 6.07) is 12.1. The Morgan fingerprint density at radius 3 is 2.52 bits per heavy atom. The second-order valence-corrected chi connectivity index (χ2v) is 4.90. The summed E-state index contributed by atoms with van der Waals surface area (Å²) in [5.41, 5.74) is 0. The molecule has 0 radical (unpaired) electrons. The topological polar surface area (TPSA) is 104 Å². The molecule has 0 aliphatic heterocycles. The van der Waals surface area contributed by atoms with Crippen molar-refractivity contribution in [3.8, 4) is 5.75 Å². The van der Waals surface area contributed by atoms with Crippen LogP contribution in [-0.2, 0) is 20.9 Å². The van der Waals surface area contributed by atoms with Crippen LogP contribution in [0.25, 0.3) is 0 Å². The number of nitrogens with one attached hydrogen (secondary N) is 1. The number of hydrogen-bond acceptors (Lipinski definition) is 7. The van der Waals surface area contributed by atoms with Crippen LogP contribution >= 0.6 is 0 Å². The summed E-state index contributed by atoms with van der Waals surface area (Å²) in [6.07, 6.45) is -2.13. The molecule has 0 bridgehead atoms. The minimum atomic E-state index is -1.19. The SMILES string of the molecule is COC(=O)NC(=O)[C@H](C)OC(=O)c1ccc(COc2ccccc2)o1. The van der Waals surface area contributed by atoms with Gasteiger partial charge in [-0.3, -0.25) is 10.1 Å². The second-order valence-electron chi connectivity index (χ2n) is 4.90. The van der Waals surface area contributed by atoms with Gasteiger partial charge in [0.25, 0.3) is 5.91 Å². The van der Waals surface area contributed by atoms with Gasteiger partial charge in [0.15, 0.2) is 6.10 Å². The predicted molar refractivity (Wildman–Crippen MR) is 84.9 cm³/mol. The zero-order valence-corrected chi connectivity index (χ0v) is 13.7. The molecule has 8 nitrogen and oxygen atoms in total. The van der Waals surface area contributed by atoms with Gasteiger partial charge in [0.1, 0.15) is 18.1 Å². The number of carbonyl (C=O) groups excluding carboxylic acids is 3. The van der Waals surface area contributed by atoms with Crippen LogP contribution in [0.5, 0.6) is 5.75 Å². The van der Waals surface area contributed by atoms with Gasteiger partial charge in [0, 0.05) is 0 Å². The minimum Gasteiger partial charge on any atom is -0.486 e. The van der Waals surface area contributed by atoms with E-state index in [9.17, 15) is 14.4 Å². The molecule has 0 saturated carbocycles. The Morgan fingerprint density at radius 2 is 1.84 bits per heavy atom. The first-order chi connectivity index (χ1) is 12.0. The fourth-order valence-electron chi connectivity index (χ4n) is 1.76. The highest BCUT2D eigenvalue weighted by molar-refractivity contribution is 5.96. The molecule has 1 atom stereocenters. The van der Waals surface area contributed by atoms with E-state index in [4.69, 9.17) is 13.9 Å². The summed E-state index contributed by atoms with van der Waals surface area (Å²) in [4.78, 5) is 34.5. The van der Waals surface area contributed by atoms with Gasteiger partial charge in [-0.1, -0.05) is 18.2 Å². The molecule has 1 N–H and O–H groups in total. The molecule has 0 saturated heterocycles. The smallest absolute Gasteiger partial charge is 0.413 e. The third-order valence-electron chi connectivity index (χ3n) is 3.05. The van der Waals surface area contributed by atoms with Crippen LogP contribution in [0.15, 0.2) is 46.9 Å². The first-order valence-corrected chi connectivity index (χ1v) is 7.36. The molecular formula is C17H17NO7. The third-order valence-corrected chi connectivity index (χ3v) is 3.05. The van der Waals surface area contributed by atoms with E-state index in [-0.39, 0.29) is 12.4 Å². The highest BCUT2D eigenvalue weighted by Gasteiger charge is 2.22. The van der Waals surface area contributed by atoms with E-state index < -0.39 is 24.1 Å². The number of benzene rings is 1. The van der Waals surface area contributed by atoms with E-state index in [0.717, 1.165) is 7.11 Å². The third kappa shape index (κ3) is 5.38. The summed E-state index contributed by atoms with van der Waals surface area (Å²) in [5, 5.41) is 1.90. The van der Waals surface area contributed by atoms with E-state index >= 15 is 0 Å². The predicted octanol–water partition coefficient (Wildman–Crippen LogP) is 2.29. The lowest BCUT2D eigenvalue weighted by molar-refractivity contribution is -0.128. The van der Waals surface area contributed by atoms with Crippen molar-refractivity contribution in [2.24, 2.45) is 0 Å². The zero-order chi connectivity index (χ0) is 18.2. The molecule has 1 aromatic heterocycles. The van der Waals surface area contributed by atoms with Crippen molar-refractivity contribution >= 4 is 18.0 Å². The second kappa shape index (κ2) is 8.53. The number of furan rings is 1. The van der Waals surface area contributed by atoms with Crippen molar-refractivity contribution in [3.63, 3.8) is 0 Å². The maximum absolute atomic E-state index is 11.9. The Bertz CT molecular complexity index is 738. The van der Waals surface area contributed by atoms with E-state index in [1.54, 1.807) is 18.2 Å². The quantitative estimate of drug-likeness (QED) is 0.799. The molecular weight excluding hydrogens is 330 g/mol. The maximum atomic E-state index is 11.9. The number of para-hydroxylation sites is 1. The van der Waals surface area contributed by atoms with Crippen LogP contribution in [0.2, 0.25) is 0 Å². The number of carbonyl (C=O) groups is 3. The first-order valence-electron chi connectivity index (χ1n) is 7.36. The maximum Gasteiger partial charge on any atom is 0.413 e. The number of methoxy groups -OCH3 is 1. The van der Waals surface area contributed by atoms with Gasteiger partial charge >= 0.3 is 12.1 Å². The fourth-order valence-corrected chi connectivity index (χ4v) is 1.76. The fraction of sp³-hybridized carbons (Fsp3) is 0.235.